The molecule has 0 saturated heterocycles. The number of hydrogen-bond acceptors (Lipinski definition) is 5. The van der Waals surface area contributed by atoms with Crippen LogP contribution in [0.3, 0.4) is 0 Å². The molecular formula is C14H19N3O3. The Hall–Kier alpha value is -2.08. The lowest BCUT2D eigenvalue weighted by atomic mass is 10.1. The van der Waals surface area contributed by atoms with Crippen LogP contribution in [0.2, 0.25) is 0 Å². The zero-order valence-corrected chi connectivity index (χ0v) is 11.9. The Kier molecular flexibility index (Phi) is 3.94. The molecule has 2 aromatic rings. The van der Waals surface area contributed by atoms with Crippen molar-refractivity contribution in [2.45, 2.75) is 32.7 Å². The van der Waals surface area contributed by atoms with E-state index in [1.807, 2.05) is 13.8 Å². The number of rotatable bonds is 5. The van der Waals surface area contributed by atoms with Crippen LogP contribution in [0.15, 0.2) is 27.2 Å². The monoisotopic (exact) mass is 277 g/mol. The maximum absolute atomic E-state index is 11.8. The maximum Gasteiger partial charge on any atom is 0.263 e. The summed E-state index contributed by atoms with van der Waals surface area (Å²) < 4.78 is 10.7. The molecule has 3 N–H and O–H groups in total. The van der Waals surface area contributed by atoms with Crippen molar-refractivity contribution in [3.05, 3.63) is 29.9 Å². The van der Waals surface area contributed by atoms with Crippen LogP contribution in [0.4, 0.5) is 0 Å². The Balaban J connectivity index is 2.01. The normalized spacial score (nSPS) is 11.6. The lowest BCUT2D eigenvalue weighted by Crippen LogP contribution is -2.45. The number of aryl methyl sites for hydroxylation is 1. The molecule has 0 fully saturated rings. The van der Waals surface area contributed by atoms with Gasteiger partial charge >= 0.3 is 0 Å². The quantitative estimate of drug-likeness (QED) is 0.866. The average molecular weight is 277 g/mol. The topological polar surface area (TPSA) is 94.3 Å². The van der Waals surface area contributed by atoms with Crippen molar-refractivity contribution in [1.82, 2.24) is 10.3 Å². The van der Waals surface area contributed by atoms with E-state index in [-0.39, 0.29) is 12.3 Å². The van der Waals surface area contributed by atoms with E-state index >= 15 is 0 Å². The van der Waals surface area contributed by atoms with Crippen molar-refractivity contribution in [3.8, 4) is 11.7 Å². The summed E-state index contributed by atoms with van der Waals surface area (Å²) >= 11 is 0. The van der Waals surface area contributed by atoms with Gasteiger partial charge in [0.1, 0.15) is 5.76 Å². The number of furan rings is 1. The van der Waals surface area contributed by atoms with Crippen LogP contribution < -0.4 is 11.1 Å². The molecule has 0 spiro atoms. The van der Waals surface area contributed by atoms with Crippen LogP contribution in [0.25, 0.3) is 11.7 Å². The summed E-state index contributed by atoms with van der Waals surface area (Å²) in [6.45, 7) is 5.88. The molecule has 0 atom stereocenters. The first-order valence-corrected chi connectivity index (χ1v) is 6.41. The number of carbonyl (C=O) groups is 1. The number of hydrogen-bond donors (Lipinski definition) is 2. The van der Waals surface area contributed by atoms with Crippen molar-refractivity contribution in [1.29, 1.82) is 0 Å². The van der Waals surface area contributed by atoms with Gasteiger partial charge in [-0.3, -0.25) is 4.79 Å². The number of carbonyl (C=O) groups excluding carboxylic acids is 1. The van der Waals surface area contributed by atoms with Gasteiger partial charge in [0.15, 0.2) is 5.76 Å². The first-order valence-electron chi connectivity index (χ1n) is 6.41. The van der Waals surface area contributed by atoms with Crippen LogP contribution >= 0.6 is 0 Å². The van der Waals surface area contributed by atoms with Crippen LogP contribution in [0.5, 0.6) is 0 Å². The number of aromatic nitrogens is 1. The fraction of sp³-hybridized carbons (Fsp3) is 0.429. The number of oxazole rings is 1. The molecule has 0 unspecified atom stereocenters. The van der Waals surface area contributed by atoms with E-state index in [4.69, 9.17) is 14.6 Å². The standard InChI is InChI=1S/C14H19N3O3/c1-9-10(7-12(18)16-8-14(2,3)15)17-13(20-9)11-5-4-6-19-11/h4-6H,7-8,15H2,1-3H3,(H,16,18). The summed E-state index contributed by atoms with van der Waals surface area (Å²) in [6, 6.07) is 3.51. The van der Waals surface area contributed by atoms with E-state index in [9.17, 15) is 4.79 Å². The molecule has 0 radical (unpaired) electrons. The van der Waals surface area contributed by atoms with Crippen LogP contribution in [0.1, 0.15) is 25.3 Å². The molecule has 20 heavy (non-hydrogen) atoms. The molecule has 6 nitrogen and oxygen atoms in total. The minimum Gasteiger partial charge on any atom is -0.459 e. The van der Waals surface area contributed by atoms with E-state index in [2.05, 4.69) is 10.3 Å². The summed E-state index contributed by atoms with van der Waals surface area (Å²) in [7, 11) is 0. The van der Waals surface area contributed by atoms with Crippen LogP contribution in [-0.2, 0) is 11.2 Å². The molecule has 0 aliphatic heterocycles. The zero-order chi connectivity index (χ0) is 14.8. The molecule has 6 heteroatoms. The predicted molar refractivity (Wildman–Crippen MR) is 73.9 cm³/mol. The van der Waals surface area contributed by atoms with Crippen molar-refractivity contribution in [2.24, 2.45) is 5.73 Å². The van der Waals surface area contributed by atoms with E-state index < -0.39 is 5.54 Å². The highest BCUT2D eigenvalue weighted by atomic mass is 16.4. The third kappa shape index (κ3) is 3.71. The van der Waals surface area contributed by atoms with E-state index in [1.54, 1.807) is 25.3 Å². The van der Waals surface area contributed by atoms with Gasteiger partial charge in [0.05, 0.1) is 18.4 Å². The van der Waals surface area contributed by atoms with Crippen molar-refractivity contribution in [3.63, 3.8) is 0 Å². The highest BCUT2D eigenvalue weighted by molar-refractivity contribution is 5.78. The van der Waals surface area contributed by atoms with E-state index in [1.165, 1.54) is 0 Å². The Morgan fingerprint density at radius 2 is 2.25 bits per heavy atom. The Bertz CT molecular complexity index is 579. The first kappa shape index (κ1) is 14.3. The fourth-order valence-electron chi connectivity index (χ4n) is 1.64. The second-order valence-electron chi connectivity index (χ2n) is 5.44. The lowest BCUT2D eigenvalue weighted by molar-refractivity contribution is -0.120. The first-order chi connectivity index (χ1) is 9.35. The third-order valence-corrected chi connectivity index (χ3v) is 2.69. The summed E-state index contributed by atoms with van der Waals surface area (Å²) in [6.07, 6.45) is 1.71. The molecule has 1 amide bonds. The van der Waals surface area contributed by atoms with Crippen LogP contribution in [-0.4, -0.2) is 23.0 Å². The predicted octanol–water partition coefficient (Wildman–Crippen LogP) is 1.64. The molecule has 0 saturated carbocycles. The number of nitrogens with zero attached hydrogens (tertiary/aromatic N) is 1. The summed E-state index contributed by atoms with van der Waals surface area (Å²) in [5, 5.41) is 2.77. The highest BCUT2D eigenvalue weighted by Gasteiger charge is 2.17. The third-order valence-electron chi connectivity index (χ3n) is 2.69. The van der Waals surface area contributed by atoms with Gasteiger partial charge in [-0.15, -0.1) is 0 Å². The van der Waals surface area contributed by atoms with Gasteiger partial charge in [0.25, 0.3) is 5.89 Å². The van der Waals surface area contributed by atoms with Gasteiger partial charge in [0, 0.05) is 12.1 Å². The number of nitrogens with two attached hydrogens (primary N) is 1. The van der Waals surface area contributed by atoms with Crippen molar-refractivity contribution < 1.29 is 13.6 Å². The zero-order valence-electron chi connectivity index (χ0n) is 11.9. The minimum absolute atomic E-state index is 0.133. The molecule has 108 valence electrons. The average Bonchev–Trinajstić information content (AvgIpc) is 2.96. The molecule has 2 heterocycles. The van der Waals surface area contributed by atoms with Crippen molar-refractivity contribution in [2.75, 3.05) is 6.54 Å². The van der Waals surface area contributed by atoms with Gasteiger partial charge in [0.2, 0.25) is 5.91 Å². The number of nitrogens with one attached hydrogen (secondary N) is 1. The Morgan fingerprint density at radius 1 is 1.50 bits per heavy atom. The summed E-state index contributed by atoms with van der Waals surface area (Å²) in [5.41, 5.74) is 5.98. The lowest BCUT2D eigenvalue weighted by Gasteiger charge is -2.18. The van der Waals surface area contributed by atoms with Gasteiger partial charge in [-0.1, -0.05) is 0 Å². The Labute approximate surface area is 117 Å². The summed E-state index contributed by atoms with van der Waals surface area (Å²) in [5.74, 6) is 1.40. The van der Waals surface area contributed by atoms with Gasteiger partial charge < -0.3 is 19.9 Å². The Morgan fingerprint density at radius 3 is 2.85 bits per heavy atom. The number of amides is 1. The molecule has 0 bridgehead atoms. The molecule has 2 rings (SSSR count). The van der Waals surface area contributed by atoms with E-state index in [0.29, 0.717) is 29.6 Å². The second kappa shape index (κ2) is 5.50. The smallest absolute Gasteiger partial charge is 0.263 e. The minimum atomic E-state index is -0.437. The van der Waals surface area contributed by atoms with E-state index in [0.717, 1.165) is 0 Å². The molecule has 2 aromatic heterocycles. The van der Waals surface area contributed by atoms with Gasteiger partial charge in [-0.25, -0.2) is 4.98 Å². The second-order valence-corrected chi connectivity index (χ2v) is 5.44. The highest BCUT2D eigenvalue weighted by Crippen LogP contribution is 2.22. The molecule has 0 aliphatic carbocycles. The molecular weight excluding hydrogens is 258 g/mol. The summed E-state index contributed by atoms with van der Waals surface area (Å²) in [4.78, 5) is 16.1. The van der Waals surface area contributed by atoms with Gasteiger partial charge in [-0.05, 0) is 32.9 Å². The van der Waals surface area contributed by atoms with Crippen molar-refractivity contribution >= 4 is 5.91 Å². The SMILES string of the molecule is Cc1oc(-c2ccco2)nc1CC(=O)NCC(C)(C)N. The maximum atomic E-state index is 11.8. The largest absolute Gasteiger partial charge is 0.459 e. The van der Waals surface area contributed by atoms with Crippen LogP contribution in [0, 0.1) is 6.92 Å². The fourth-order valence-corrected chi connectivity index (χ4v) is 1.64. The molecule has 0 aromatic carbocycles. The molecule has 0 aliphatic rings. The van der Waals surface area contributed by atoms with Gasteiger partial charge in [-0.2, -0.15) is 0 Å².